The molecule has 0 saturated carbocycles. The fourth-order valence-electron chi connectivity index (χ4n) is 3.71. The highest BCUT2D eigenvalue weighted by atomic mass is 16.2. The first-order chi connectivity index (χ1) is 22.2. The van der Waals surface area contributed by atoms with E-state index >= 15 is 0 Å². The van der Waals surface area contributed by atoms with Crippen molar-refractivity contribution in [2.45, 2.75) is 279 Å². The van der Waals surface area contributed by atoms with Crippen LogP contribution >= 0.6 is 0 Å². The van der Waals surface area contributed by atoms with Crippen LogP contribution in [-0.2, 0) is 4.79 Å². The zero-order valence-electron chi connectivity index (χ0n) is 42.3. The average Bonchev–Trinajstić information content (AvgIpc) is 2.85. The second kappa shape index (κ2) is 37.1. The van der Waals surface area contributed by atoms with Gasteiger partial charge in [0.25, 0.3) is 0 Å². The topological polar surface area (TPSA) is 20.3 Å². The second-order valence-electron chi connectivity index (χ2n) is 23.4. The molecule has 0 N–H and O–H groups in total. The molecule has 0 aromatic heterocycles. The van der Waals surface area contributed by atoms with Gasteiger partial charge in [0.15, 0.2) is 0 Å². The molecule has 0 radical (unpaired) electrons. The summed E-state index contributed by atoms with van der Waals surface area (Å²) in [7, 11) is 3.59. The highest BCUT2D eigenvalue weighted by molar-refractivity contribution is 5.75. The van der Waals surface area contributed by atoms with Gasteiger partial charge in [0.2, 0.25) is 5.91 Å². The van der Waals surface area contributed by atoms with Gasteiger partial charge in [-0.1, -0.05) is 240 Å². The molecule has 2 heteroatoms. The predicted octanol–water partition coefficient (Wildman–Crippen LogP) is 19.4. The monoisotopic (exact) mass is 762 g/mol. The van der Waals surface area contributed by atoms with E-state index in [0.29, 0.717) is 38.9 Å². The molecule has 0 aromatic carbocycles. The van der Waals surface area contributed by atoms with Gasteiger partial charge in [0.1, 0.15) is 0 Å². The van der Waals surface area contributed by atoms with Gasteiger partial charge < -0.3 is 4.90 Å². The van der Waals surface area contributed by atoms with E-state index in [-0.39, 0.29) is 26.2 Å². The zero-order chi connectivity index (χ0) is 43.1. The van der Waals surface area contributed by atoms with Crippen molar-refractivity contribution in [2.75, 3.05) is 14.1 Å². The lowest BCUT2D eigenvalue weighted by Gasteiger charge is -2.18. The maximum atomic E-state index is 11.1. The van der Waals surface area contributed by atoms with Crippen molar-refractivity contribution >= 4 is 5.91 Å². The van der Waals surface area contributed by atoms with Gasteiger partial charge in [0, 0.05) is 20.5 Å². The Balaban J connectivity index is -0.0000000611. The van der Waals surface area contributed by atoms with E-state index < -0.39 is 0 Å². The van der Waals surface area contributed by atoms with Gasteiger partial charge >= 0.3 is 0 Å². The molecule has 0 spiro atoms. The molecule has 0 aliphatic carbocycles. The van der Waals surface area contributed by atoms with E-state index in [1.165, 1.54) is 64.2 Å². The van der Waals surface area contributed by atoms with Crippen LogP contribution in [0.5, 0.6) is 0 Å². The van der Waals surface area contributed by atoms with Crippen LogP contribution in [0.2, 0.25) is 0 Å². The molecule has 0 aliphatic rings. The Kier molecular flexibility index (Phi) is 51.5. The summed E-state index contributed by atoms with van der Waals surface area (Å²) in [6.45, 7) is 60.5. The number of rotatable bonds is 6. The van der Waals surface area contributed by atoms with Crippen LogP contribution in [0.1, 0.15) is 279 Å². The zero-order valence-corrected chi connectivity index (χ0v) is 42.3. The molecule has 0 fully saturated rings. The van der Waals surface area contributed by atoms with Crippen LogP contribution in [-0.4, -0.2) is 24.9 Å². The number of hydrogen-bond acceptors (Lipinski definition) is 1. The maximum Gasteiger partial charge on any atom is 0.222 e. The van der Waals surface area contributed by atoms with Crippen molar-refractivity contribution in [1.82, 2.24) is 4.90 Å². The summed E-state index contributed by atoms with van der Waals surface area (Å²) >= 11 is 0. The Labute approximate surface area is 345 Å². The van der Waals surface area contributed by atoms with E-state index in [9.17, 15) is 4.79 Å². The lowest BCUT2D eigenvalue weighted by atomic mass is 9.90. The van der Waals surface area contributed by atoms with Crippen molar-refractivity contribution in [3.63, 3.8) is 0 Å². The lowest BCUT2D eigenvalue weighted by Crippen LogP contribution is -2.22. The summed E-state index contributed by atoms with van der Waals surface area (Å²) in [5.74, 6) is 0.222. The van der Waals surface area contributed by atoms with E-state index in [0.717, 1.165) is 6.42 Å². The van der Waals surface area contributed by atoms with E-state index in [2.05, 4.69) is 187 Å². The molecule has 1 amide bonds. The molecule has 0 rings (SSSR count). The summed E-state index contributed by atoms with van der Waals surface area (Å²) in [6.07, 6.45) is 14.8. The Morgan fingerprint density at radius 1 is 0.340 bits per heavy atom. The van der Waals surface area contributed by atoms with Gasteiger partial charge in [-0.2, -0.15) is 0 Å². The second-order valence-corrected chi connectivity index (χ2v) is 23.4. The Hall–Kier alpha value is -0.530. The standard InChI is InChI=1S/C9H19NO.4C7H16.2C6H14.2CH4/c1-9(2,3)7-6-8(11)10(4)5;4*1-5-6-7(2,3)4;2*1-5-6(2,3)4;;/h6-7H2,1-5H3;4*5-6H2,1-4H3;2*5H2,1-4H3;2*1H4. The third kappa shape index (κ3) is 127. The molecule has 0 heterocycles. The van der Waals surface area contributed by atoms with Crippen LogP contribution in [0.25, 0.3) is 0 Å². The Morgan fingerprint density at radius 2 is 0.491 bits per heavy atom. The van der Waals surface area contributed by atoms with Crippen LogP contribution in [0.3, 0.4) is 0 Å². The lowest BCUT2D eigenvalue weighted by molar-refractivity contribution is -0.129. The van der Waals surface area contributed by atoms with Crippen LogP contribution in [0.15, 0.2) is 0 Å². The molecule has 334 valence electrons. The molecule has 0 aromatic rings. The molecule has 0 atom stereocenters. The SMILES string of the molecule is C.C.CCC(C)(C)C.CCC(C)(C)C.CCCC(C)(C)C.CCCC(C)(C)C.CCCC(C)(C)C.CCCC(C)(C)C.CN(C)C(=O)CCC(C)(C)C. The molecule has 2 nitrogen and oxygen atoms in total. The van der Waals surface area contributed by atoms with Gasteiger partial charge in [0.05, 0.1) is 0 Å². The van der Waals surface area contributed by atoms with E-state index in [4.69, 9.17) is 0 Å². The first kappa shape index (κ1) is 73.6. The first-order valence-corrected chi connectivity index (χ1v) is 21.4. The van der Waals surface area contributed by atoms with Crippen molar-refractivity contribution in [1.29, 1.82) is 0 Å². The van der Waals surface area contributed by atoms with Crippen molar-refractivity contribution in [3.8, 4) is 0 Å². The Morgan fingerprint density at radius 3 is 0.547 bits per heavy atom. The quantitative estimate of drug-likeness (QED) is 0.264. The minimum atomic E-state index is 0. The molecule has 0 saturated heterocycles. The van der Waals surface area contributed by atoms with E-state index in [1.807, 2.05) is 0 Å². The summed E-state index contributed by atoms with van der Waals surface area (Å²) in [5.41, 5.74) is 3.55. The molecule has 53 heavy (non-hydrogen) atoms. The smallest absolute Gasteiger partial charge is 0.222 e. The van der Waals surface area contributed by atoms with Gasteiger partial charge in [-0.05, 0) is 70.0 Å². The summed E-state index contributed by atoms with van der Waals surface area (Å²) in [4.78, 5) is 12.8. The molecule has 0 unspecified atom stereocenters. The molecule has 0 aliphatic heterocycles. The molecular weight excluding hydrogens is 643 g/mol. The first-order valence-electron chi connectivity index (χ1n) is 21.4. The summed E-state index contributed by atoms with van der Waals surface area (Å²) < 4.78 is 0. The van der Waals surface area contributed by atoms with Gasteiger partial charge in [-0.15, -0.1) is 0 Å². The number of amides is 1. The van der Waals surface area contributed by atoms with Crippen molar-refractivity contribution in [2.24, 2.45) is 37.9 Å². The van der Waals surface area contributed by atoms with Crippen LogP contribution < -0.4 is 0 Å². The minimum Gasteiger partial charge on any atom is -0.349 e. The highest BCUT2D eigenvalue weighted by Gasteiger charge is 2.13. The molecule has 0 bridgehead atoms. The third-order valence-corrected chi connectivity index (χ3v) is 7.71. The van der Waals surface area contributed by atoms with Crippen LogP contribution in [0, 0.1) is 37.9 Å². The Bertz CT molecular complexity index is 617. The summed E-state index contributed by atoms with van der Waals surface area (Å²) in [5, 5.41) is 0. The predicted molar refractivity (Wildman–Crippen MR) is 258 cm³/mol. The largest absolute Gasteiger partial charge is 0.349 e. The van der Waals surface area contributed by atoms with Crippen LogP contribution in [0.4, 0.5) is 0 Å². The van der Waals surface area contributed by atoms with Crippen molar-refractivity contribution in [3.05, 3.63) is 0 Å². The number of hydrogen-bond donors (Lipinski definition) is 0. The van der Waals surface area contributed by atoms with Crippen molar-refractivity contribution < 1.29 is 4.79 Å². The number of nitrogens with zero attached hydrogens (tertiary/aromatic N) is 1. The number of carbonyl (C=O) groups is 1. The number of carbonyl (C=O) groups excluding carboxylic acids is 1. The average molecular weight is 763 g/mol. The maximum absolute atomic E-state index is 11.1. The van der Waals surface area contributed by atoms with Gasteiger partial charge in [-0.3, -0.25) is 4.79 Å². The fourth-order valence-corrected chi connectivity index (χ4v) is 3.71. The normalized spacial score (nSPS) is 11.4. The highest BCUT2D eigenvalue weighted by Crippen LogP contribution is 2.22. The fraction of sp³-hybridized carbons (Fsp3) is 0.980. The van der Waals surface area contributed by atoms with E-state index in [1.54, 1.807) is 19.0 Å². The summed E-state index contributed by atoms with van der Waals surface area (Å²) in [6, 6.07) is 0. The van der Waals surface area contributed by atoms with Gasteiger partial charge in [-0.25, -0.2) is 0 Å². The molecular formula is C51H119NO. The third-order valence-electron chi connectivity index (χ3n) is 7.71. The minimum absolute atomic E-state index is 0.